The summed E-state index contributed by atoms with van der Waals surface area (Å²) in [6.07, 6.45) is 2.29. The predicted molar refractivity (Wildman–Crippen MR) is 68.1 cm³/mol. The van der Waals surface area contributed by atoms with Crippen molar-refractivity contribution in [3.8, 4) is 0 Å². The third kappa shape index (κ3) is 2.78. The summed E-state index contributed by atoms with van der Waals surface area (Å²) in [5, 5.41) is 0. The molecule has 0 N–H and O–H groups in total. The van der Waals surface area contributed by atoms with Crippen LogP contribution in [0.2, 0.25) is 0 Å². The number of esters is 1. The van der Waals surface area contributed by atoms with E-state index in [2.05, 4.69) is 0 Å². The molecule has 1 aromatic rings. The first-order valence-electron chi connectivity index (χ1n) is 6.29. The van der Waals surface area contributed by atoms with Gasteiger partial charge in [0.2, 0.25) is 0 Å². The van der Waals surface area contributed by atoms with Gasteiger partial charge in [-0.2, -0.15) is 0 Å². The third-order valence-corrected chi connectivity index (χ3v) is 3.49. The van der Waals surface area contributed by atoms with Crippen molar-refractivity contribution in [2.75, 3.05) is 7.11 Å². The van der Waals surface area contributed by atoms with Crippen LogP contribution >= 0.6 is 0 Å². The summed E-state index contributed by atoms with van der Waals surface area (Å²) in [4.78, 5) is 23.9. The molecule has 1 aliphatic carbocycles. The van der Waals surface area contributed by atoms with E-state index in [-0.39, 0.29) is 11.7 Å². The fourth-order valence-electron chi connectivity index (χ4n) is 2.15. The van der Waals surface area contributed by atoms with Crippen molar-refractivity contribution in [3.63, 3.8) is 0 Å². The van der Waals surface area contributed by atoms with E-state index in [0.29, 0.717) is 6.42 Å². The molecule has 1 atom stereocenters. The van der Waals surface area contributed by atoms with Crippen LogP contribution < -0.4 is 0 Å². The van der Waals surface area contributed by atoms with Crippen molar-refractivity contribution in [1.82, 2.24) is 0 Å². The maximum atomic E-state index is 12.1. The zero-order valence-electron chi connectivity index (χ0n) is 10.8. The third-order valence-electron chi connectivity index (χ3n) is 3.49. The molecule has 0 heterocycles. The molecule has 0 aromatic heterocycles. The van der Waals surface area contributed by atoms with Gasteiger partial charge in [-0.1, -0.05) is 24.3 Å². The fraction of sp³-hybridized carbons (Fsp3) is 0.467. The second-order valence-corrected chi connectivity index (χ2v) is 4.88. The monoisotopic (exact) mass is 246 g/mol. The van der Waals surface area contributed by atoms with Crippen molar-refractivity contribution in [2.45, 2.75) is 26.2 Å². The Kier molecular flexibility index (Phi) is 3.80. The van der Waals surface area contributed by atoms with Crippen molar-refractivity contribution < 1.29 is 14.3 Å². The smallest absolute Gasteiger partial charge is 0.316 e. The van der Waals surface area contributed by atoms with E-state index < -0.39 is 11.9 Å². The molecule has 1 aliphatic rings. The van der Waals surface area contributed by atoms with E-state index in [1.54, 1.807) is 0 Å². The van der Waals surface area contributed by atoms with Crippen LogP contribution in [0.5, 0.6) is 0 Å². The van der Waals surface area contributed by atoms with E-state index >= 15 is 0 Å². The Morgan fingerprint density at radius 2 is 2.00 bits per heavy atom. The average molecular weight is 246 g/mol. The first-order chi connectivity index (χ1) is 8.63. The highest BCUT2D eigenvalue weighted by Gasteiger charge is 2.38. The molecule has 3 heteroatoms. The molecular formula is C15H18O3. The molecule has 18 heavy (non-hydrogen) atoms. The maximum absolute atomic E-state index is 12.1. The van der Waals surface area contributed by atoms with Gasteiger partial charge in [0.15, 0.2) is 5.78 Å². The highest BCUT2D eigenvalue weighted by Crippen LogP contribution is 2.34. The highest BCUT2D eigenvalue weighted by atomic mass is 16.5. The van der Waals surface area contributed by atoms with Gasteiger partial charge < -0.3 is 4.74 Å². The highest BCUT2D eigenvalue weighted by molar-refractivity contribution is 6.01. The summed E-state index contributed by atoms with van der Waals surface area (Å²) in [7, 11) is 1.34. The lowest BCUT2D eigenvalue weighted by Crippen LogP contribution is -2.28. The molecule has 0 spiro atoms. The number of hydrogen-bond donors (Lipinski definition) is 0. The number of ketones is 1. The Hall–Kier alpha value is -1.64. The number of carbonyl (C=O) groups excluding carboxylic acids is 2. The molecule has 0 amide bonds. The molecule has 2 rings (SSSR count). The predicted octanol–water partition coefficient (Wildman–Crippen LogP) is 2.31. The van der Waals surface area contributed by atoms with E-state index in [0.717, 1.165) is 24.0 Å². The van der Waals surface area contributed by atoms with E-state index in [9.17, 15) is 9.59 Å². The van der Waals surface area contributed by atoms with Gasteiger partial charge in [0, 0.05) is 5.92 Å². The fourth-order valence-corrected chi connectivity index (χ4v) is 2.15. The van der Waals surface area contributed by atoms with Gasteiger partial charge >= 0.3 is 5.97 Å². The van der Waals surface area contributed by atoms with Crippen molar-refractivity contribution in [1.29, 1.82) is 0 Å². The van der Waals surface area contributed by atoms with E-state index in [4.69, 9.17) is 4.74 Å². The van der Waals surface area contributed by atoms with Crippen LogP contribution in [-0.2, 0) is 20.7 Å². The lowest BCUT2D eigenvalue weighted by atomic mass is 9.91. The summed E-state index contributed by atoms with van der Waals surface area (Å²) in [5.41, 5.74) is 2.15. The van der Waals surface area contributed by atoms with Gasteiger partial charge in [0.1, 0.15) is 5.92 Å². The van der Waals surface area contributed by atoms with Crippen molar-refractivity contribution in [2.24, 2.45) is 11.8 Å². The quantitative estimate of drug-likeness (QED) is 0.591. The summed E-state index contributed by atoms with van der Waals surface area (Å²) < 4.78 is 4.76. The summed E-state index contributed by atoms with van der Waals surface area (Å²) in [6.45, 7) is 1.99. The summed E-state index contributed by atoms with van der Waals surface area (Å²) in [6, 6.07) is 7.84. The Bertz CT molecular complexity index is 461. The second kappa shape index (κ2) is 5.34. The topological polar surface area (TPSA) is 43.4 Å². The molecule has 1 unspecified atom stereocenters. The zero-order valence-corrected chi connectivity index (χ0v) is 10.8. The van der Waals surface area contributed by atoms with Gasteiger partial charge in [-0.25, -0.2) is 0 Å². The Labute approximate surface area is 107 Å². The molecule has 3 nitrogen and oxygen atoms in total. The molecule has 1 saturated carbocycles. The number of ether oxygens (including phenoxy) is 1. The SMILES string of the molecule is COC(=O)C(Cc1ccccc1C)C(=O)C1CC1. The maximum Gasteiger partial charge on any atom is 0.316 e. The van der Waals surface area contributed by atoms with Gasteiger partial charge in [-0.15, -0.1) is 0 Å². The van der Waals surface area contributed by atoms with Crippen molar-refractivity contribution >= 4 is 11.8 Å². The van der Waals surface area contributed by atoms with Crippen LogP contribution in [0.3, 0.4) is 0 Å². The summed E-state index contributed by atoms with van der Waals surface area (Å²) in [5.74, 6) is -0.915. The van der Waals surface area contributed by atoms with Gasteiger partial charge in [0.05, 0.1) is 7.11 Å². The first-order valence-corrected chi connectivity index (χ1v) is 6.29. The normalized spacial score (nSPS) is 16.1. The minimum absolute atomic E-state index is 0.0464. The number of benzene rings is 1. The van der Waals surface area contributed by atoms with Crippen molar-refractivity contribution in [3.05, 3.63) is 35.4 Å². The second-order valence-electron chi connectivity index (χ2n) is 4.88. The molecule has 1 fully saturated rings. The number of rotatable bonds is 5. The Balaban J connectivity index is 2.17. The molecule has 0 radical (unpaired) electrons. The Morgan fingerprint density at radius 1 is 1.33 bits per heavy atom. The molecule has 0 saturated heterocycles. The number of Topliss-reactive ketones (excluding diaryl/α,β-unsaturated/α-hetero) is 1. The van der Waals surface area contributed by atoms with Gasteiger partial charge in [0.25, 0.3) is 0 Å². The number of carbonyl (C=O) groups is 2. The minimum Gasteiger partial charge on any atom is -0.468 e. The standard InChI is InChI=1S/C15H18O3/c1-10-5-3-4-6-12(10)9-13(15(17)18-2)14(16)11-7-8-11/h3-6,11,13H,7-9H2,1-2H3. The summed E-state index contributed by atoms with van der Waals surface area (Å²) >= 11 is 0. The van der Waals surface area contributed by atoms with E-state index in [1.807, 2.05) is 31.2 Å². The lowest BCUT2D eigenvalue weighted by Gasteiger charge is -2.14. The average Bonchev–Trinajstić information content (AvgIpc) is 3.20. The van der Waals surface area contributed by atoms with E-state index in [1.165, 1.54) is 7.11 Å². The Morgan fingerprint density at radius 3 is 2.56 bits per heavy atom. The lowest BCUT2D eigenvalue weighted by molar-refractivity contribution is -0.149. The van der Waals surface area contributed by atoms with Crippen LogP contribution in [0, 0.1) is 18.8 Å². The van der Waals surface area contributed by atoms with Crippen LogP contribution in [0.1, 0.15) is 24.0 Å². The largest absolute Gasteiger partial charge is 0.468 e. The van der Waals surface area contributed by atoms with Gasteiger partial charge in [-0.3, -0.25) is 9.59 Å². The zero-order chi connectivity index (χ0) is 13.1. The number of hydrogen-bond acceptors (Lipinski definition) is 3. The van der Waals surface area contributed by atoms with Crippen LogP contribution in [0.15, 0.2) is 24.3 Å². The minimum atomic E-state index is -0.636. The van der Waals surface area contributed by atoms with Crippen LogP contribution in [-0.4, -0.2) is 18.9 Å². The molecule has 0 aliphatic heterocycles. The molecule has 1 aromatic carbocycles. The van der Waals surface area contributed by atoms with Gasteiger partial charge in [-0.05, 0) is 37.3 Å². The first kappa shape index (κ1) is 12.8. The number of aryl methyl sites for hydroxylation is 1. The molecular weight excluding hydrogens is 228 g/mol. The molecule has 96 valence electrons. The van der Waals surface area contributed by atoms with Crippen LogP contribution in [0.25, 0.3) is 0 Å². The van der Waals surface area contributed by atoms with Crippen LogP contribution in [0.4, 0.5) is 0 Å². The molecule has 0 bridgehead atoms. The number of methoxy groups -OCH3 is 1.